The minimum Gasteiger partial charge on any atom is -0.491 e. The minimum absolute atomic E-state index is 0. The number of unbranched alkanes of at least 4 members (excludes halogenated alkanes) is 2. The van der Waals surface area contributed by atoms with Crippen LogP contribution in [0.1, 0.15) is 51.7 Å². The zero-order chi connectivity index (χ0) is 19.2. The third-order valence-corrected chi connectivity index (χ3v) is 3.70. The number of hydrogen-bond donors (Lipinski definition) is 3. The van der Waals surface area contributed by atoms with Gasteiger partial charge in [0.2, 0.25) is 0 Å². The molecule has 0 spiro atoms. The fourth-order valence-corrected chi connectivity index (χ4v) is 2.45. The molecule has 0 bridgehead atoms. The Morgan fingerprint density at radius 2 is 1.96 bits per heavy atom. The van der Waals surface area contributed by atoms with Crippen LogP contribution in [-0.2, 0) is 4.74 Å². The van der Waals surface area contributed by atoms with Crippen LogP contribution in [0.15, 0.2) is 29.3 Å². The highest BCUT2D eigenvalue weighted by Gasteiger charge is 2.09. The lowest BCUT2D eigenvalue weighted by Gasteiger charge is -2.15. The van der Waals surface area contributed by atoms with E-state index in [4.69, 9.17) is 9.47 Å². The largest absolute Gasteiger partial charge is 0.491 e. The van der Waals surface area contributed by atoms with Crippen LogP contribution in [0.3, 0.4) is 0 Å². The number of nitrogens with one attached hydrogen (secondary N) is 2. The number of guanidine groups is 1. The van der Waals surface area contributed by atoms with Gasteiger partial charge in [0.25, 0.3) is 0 Å². The average molecular weight is 493 g/mol. The maximum atomic E-state index is 10.4. The Labute approximate surface area is 181 Å². The van der Waals surface area contributed by atoms with E-state index in [2.05, 4.69) is 15.6 Å². The summed E-state index contributed by atoms with van der Waals surface area (Å²) in [4.78, 5) is 4.49. The van der Waals surface area contributed by atoms with Crippen LogP contribution >= 0.6 is 24.0 Å². The van der Waals surface area contributed by atoms with Crippen molar-refractivity contribution in [2.75, 3.05) is 33.4 Å². The summed E-state index contributed by atoms with van der Waals surface area (Å²) < 4.78 is 10.7. The number of aliphatic hydroxyl groups excluding tert-OH is 1. The SMILES string of the molecule is CCNC(=NCC(O)c1cccc(OC(C)C)c1)NCCCCCOC.I. The molecule has 0 amide bonds. The van der Waals surface area contributed by atoms with Gasteiger partial charge in [0.1, 0.15) is 5.75 Å². The second-order valence-electron chi connectivity index (χ2n) is 6.45. The van der Waals surface area contributed by atoms with Crippen LogP contribution in [0.5, 0.6) is 5.75 Å². The highest BCUT2D eigenvalue weighted by atomic mass is 127. The van der Waals surface area contributed by atoms with Gasteiger partial charge >= 0.3 is 0 Å². The van der Waals surface area contributed by atoms with Gasteiger partial charge in [0.15, 0.2) is 5.96 Å². The zero-order valence-corrected chi connectivity index (χ0v) is 19.4. The predicted octanol–water partition coefficient (Wildman–Crippen LogP) is 3.50. The Kier molecular flexibility index (Phi) is 15.3. The normalized spacial score (nSPS) is 12.4. The number of aliphatic hydroxyl groups is 1. The first-order valence-electron chi connectivity index (χ1n) is 9.52. The third-order valence-electron chi connectivity index (χ3n) is 3.70. The standard InChI is InChI=1S/C20H35N3O3.HI/c1-5-21-20(22-12-7-6-8-13-25-4)23-15-19(24)17-10-9-11-18(14-17)26-16(2)3;/h9-11,14,16,19,24H,5-8,12-13,15H2,1-4H3,(H2,21,22,23);1H. The first kappa shape index (κ1) is 25.9. The number of halogens is 1. The van der Waals surface area contributed by atoms with Gasteiger partial charge in [0, 0.05) is 26.8 Å². The van der Waals surface area contributed by atoms with Gasteiger partial charge in [-0.25, -0.2) is 0 Å². The third kappa shape index (κ3) is 12.1. The van der Waals surface area contributed by atoms with Crippen LogP contribution < -0.4 is 15.4 Å². The smallest absolute Gasteiger partial charge is 0.191 e. The molecule has 0 radical (unpaired) electrons. The van der Waals surface area contributed by atoms with Crippen molar-refractivity contribution in [3.05, 3.63) is 29.8 Å². The lowest BCUT2D eigenvalue weighted by molar-refractivity contribution is 0.185. The van der Waals surface area contributed by atoms with Crippen LogP contribution in [0, 0.1) is 0 Å². The van der Waals surface area contributed by atoms with Gasteiger partial charge in [0.05, 0.1) is 18.8 Å². The summed E-state index contributed by atoms with van der Waals surface area (Å²) in [6.45, 7) is 8.73. The zero-order valence-electron chi connectivity index (χ0n) is 17.0. The molecule has 0 saturated carbocycles. The van der Waals surface area contributed by atoms with Crippen molar-refractivity contribution in [1.82, 2.24) is 10.6 Å². The van der Waals surface area contributed by atoms with Crippen molar-refractivity contribution in [3.63, 3.8) is 0 Å². The fraction of sp³-hybridized carbons (Fsp3) is 0.650. The van der Waals surface area contributed by atoms with Gasteiger partial charge in [-0.2, -0.15) is 0 Å². The van der Waals surface area contributed by atoms with Crippen molar-refractivity contribution in [2.45, 2.75) is 52.2 Å². The van der Waals surface area contributed by atoms with Crippen LogP contribution in [0.25, 0.3) is 0 Å². The summed E-state index contributed by atoms with van der Waals surface area (Å²) in [7, 11) is 1.73. The van der Waals surface area contributed by atoms with E-state index >= 15 is 0 Å². The van der Waals surface area contributed by atoms with E-state index in [1.807, 2.05) is 45.0 Å². The molecule has 3 N–H and O–H groups in total. The topological polar surface area (TPSA) is 75.1 Å². The summed E-state index contributed by atoms with van der Waals surface area (Å²) in [5.74, 6) is 1.49. The van der Waals surface area contributed by atoms with Crippen LogP contribution in [0.4, 0.5) is 0 Å². The molecule has 1 rings (SSSR count). The van der Waals surface area contributed by atoms with E-state index in [0.717, 1.165) is 56.2 Å². The molecule has 27 heavy (non-hydrogen) atoms. The number of benzene rings is 1. The molecule has 0 aliphatic rings. The molecule has 6 nitrogen and oxygen atoms in total. The molecule has 0 fully saturated rings. The lowest BCUT2D eigenvalue weighted by atomic mass is 10.1. The lowest BCUT2D eigenvalue weighted by Crippen LogP contribution is -2.38. The molecule has 0 aromatic heterocycles. The number of nitrogens with zero attached hydrogens (tertiary/aromatic N) is 1. The van der Waals surface area contributed by atoms with E-state index in [-0.39, 0.29) is 30.1 Å². The molecule has 1 aromatic rings. The Bertz CT molecular complexity index is 527. The molecule has 1 aromatic carbocycles. The van der Waals surface area contributed by atoms with E-state index in [1.54, 1.807) is 7.11 Å². The summed E-state index contributed by atoms with van der Waals surface area (Å²) >= 11 is 0. The fourth-order valence-electron chi connectivity index (χ4n) is 2.45. The molecule has 0 heterocycles. The highest BCUT2D eigenvalue weighted by Crippen LogP contribution is 2.20. The molecule has 1 unspecified atom stereocenters. The molecule has 7 heteroatoms. The highest BCUT2D eigenvalue weighted by molar-refractivity contribution is 14.0. The van der Waals surface area contributed by atoms with Gasteiger partial charge in [-0.15, -0.1) is 24.0 Å². The quantitative estimate of drug-likeness (QED) is 0.180. The summed E-state index contributed by atoms with van der Waals surface area (Å²) in [5.41, 5.74) is 0.808. The monoisotopic (exact) mass is 493 g/mol. The van der Waals surface area contributed by atoms with Gasteiger partial charge in [-0.05, 0) is 57.7 Å². The number of methoxy groups -OCH3 is 1. The second kappa shape index (κ2) is 15.9. The molecule has 0 aliphatic carbocycles. The molecular weight excluding hydrogens is 457 g/mol. The van der Waals surface area contributed by atoms with Crippen molar-refractivity contribution >= 4 is 29.9 Å². The first-order chi connectivity index (χ1) is 12.6. The predicted molar refractivity (Wildman–Crippen MR) is 122 cm³/mol. The first-order valence-corrected chi connectivity index (χ1v) is 9.52. The number of aliphatic imine (C=N–C) groups is 1. The Morgan fingerprint density at radius 3 is 2.63 bits per heavy atom. The molecule has 0 aliphatic heterocycles. The Hall–Kier alpha value is -1.06. The maximum Gasteiger partial charge on any atom is 0.191 e. The molecule has 156 valence electrons. The van der Waals surface area contributed by atoms with Crippen molar-refractivity contribution in [3.8, 4) is 5.75 Å². The number of rotatable bonds is 12. The van der Waals surface area contributed by atoms with E-state index in [1.165, 1.54) is 0 Å². The molecule has 0 saturated heterocycles. The van der Waals surface area contributed by atoms with Gasteiger partial charge in [-0.3, -0.25) is 4.99 Å². The minimum atomic E-state index is -0.664. The van der Waals surface area contributed by atoms with Crippen LogP contribution in [-0.4, -0.2) is 50.5 Å². The van der Waals surface area contributed by atoms with Crippen molar-refractivity contribution in [2.24, 2.45) is 4.99 Å². The molecule has 1 atom stereocenters. The van der Waals surface area contributed by atoms with E-state index < -0.39 is 6.10 Å². The van der Waals surface area contributed by atoms with Crippen molar-refractivity contribution in [1.29, 1.82) is 0 Å². The summed E-state index contributed by atoms with van der Waals surface area (Å²) in [6, 6.07) is 7.55. The number of ether oxygens (including phenoxy) is 2. The van der Waals surface area contributed by atoms with Crippen molar-refractivity contribution < 1.29 is 14.6 Å². The van der Waals surface area contributed by atoms with E-state index in [0.29, 0.717) is 6.54 Å². The average Bonchev–Trinajstić information content (AvgIpc) is 2.61. The molecular formula is C20H36IN3O3. The Balaban J connectivity index is 0.00000676. The van der Waals surface area contributed by atoms with Crippen LogP contribution in [0.2, 0.25) is 0 Å². The van der Waals surface area contributed by atoms with Gasteiger partial charge < -0.3 is 25.2 Å². The summed E-state index contributed by atoms with van der Waals surface area (Å²) in [6.07, 6.45) is 2.69. The van der Waals surface area contributed by atoms with E-state index in [9.17, 15) is 5.11 Å². The Morgan fingerprint density at radius 1 is 1.19 bits per heavy atom. The number of hydrogen-bond acceptors (Lipinski definition) is 4. The maximum absolute atomic E-state index is 10.4. The second-order valence-corrected chi connectivity index (χ2v) is 6.45. The summed E-state index contributed by atoms with van der Waals surface area (Å²) in [5, 5.41) is 16.9. The van der Waals surface area contributed by atoms with Gasteiger partial charge in [-0.1, -0.05) is 12.1 Å².